The molecule has 0 N–H and O–H groups in total. The third-order valence-electron chi connectivity index (χ3n) is 1.34. The molecule has 0 aliphatic heterocycles. The van der Waals surface area contributed by atoms with Crippen LogP contribution in [0.5, 0.6) is 0 Å². The molecule has 0 radical (unpaired) electrons. The molecule has 0 atom stereocenters. The molecular formula is C10H16O3. The Kier molecular flexibility index (Phi) is 6.92. The van der Waals surface area contributed by atoms with Gasteiger partial charge >= 0.3 is 5.97 Å². The van der Waals surface area contributed by atoms with Crippen LogP contribution in [-0.4, -0.2) is 26.3 Å². The second kappa shape index (κ2) is 7.55. The number of hydrogen-bond donors (Lipinski definition) is 0. The van der Waals surface area contributed by atoms with Gasteiger partial charge in [-0.3, -0.25) is 0 Å². The second-order valence-electron chi connectivity index (χ2n) is 2.49. The highest BCUT2D eigenvalue weighted by molar-refractivity contribution is 5.82. The maximum Gasteiger partial charge on any atom is 0.330 e. The largest absolute Gasteiger partial charge is 0.463 e. The zero-order valence-corrected chi connectivity index (χ0v) is 8.37. The van der Waals surface area contributed by atoms with Crippen molar-refractivity contribution in [2.24, 2.45) is 0 Å². The van der Waals surface area contributed by atoms with Crippen molar-refractivity contribution in [3.8, 4) is 0 Å². The molecule has 0 fully saturated rings. The lowest BCUT2D eigenvalue weighted by Crippen LogP contribution is -1.98. The van der Waals surface area contributed by atoms with Crippen LogP contribution >= 0.6 is 0 Å². The quantitative estimate of drug-likeness (QED) is 0.370. The number of hydrogen-bond acceptors (Lipinski definition) is 3. The third kappa shape index (κ3) is 7.28. The minimum Gasteiger partial charge on any atom is -0.463 e. The topological polar surface area (TPSA) is 35.5 Å². The summed E-state index contributed by atoms with van der Waals surface area (Å²) < 4.78 is 9.55. The Morgan fingerprint density at radius 1 is 1.38 bits per heavy atom. The summed E-state index contributed by atoms with van der Waals surface area (Å²) in [6.45, 7) is 4.64. The van der Waals surface area contributed by atoms with Gasteiger partial charge < -0.3 is 9.47 Å². The Balaban J connectivity index is 3.88. The maximum atomic E-state index is 10.9. The van der Waals surface area contributed by atoms with Crippen LogP contribution in [0.25, 0.3) is 0 Å². The van der Waals surface area contributed by atoms with Crippen LogP contribution in [0.3, 0.4) is 0 Å². The van der Waals surface area contributed by atoms with Gasteiger partial charge in [-0.25, -0.2) is 4.79 Å². The van der Waals surface area contributed by atoms with Gasteiger partial charge in [0.1, 0.15) is 0 Å². The first-order valence-electron chi connectivity index (χ1n) is 4.21. The van der Waals surface area contributed by atoms with E-state index in [0.29, 0.717) is 13.2 Å². The Morgan fingerprint density at radius 2 is 2.08 bits per heavy atom. The lowest BCUT2D eigenvalue weighted by atomic mass is 10.2. The summed E-state index contributed by atoms with van der Waals surface area (Å²) in [5.74, 6) is -0.312. The van der Waals surface area contributed by atoms with Crippen LogP contribution in [0.1, 0.15) is 13.8 Å². The molecule has 0 aromatic rings. The Labute approximate surface area is 79.0 Å². The first-order chi connectivity index (χ1) is 6.20. The lowest BCUT2D eigenvalue weighted by Gasteiger charge is -1.95. The van der Waals surface area contributed by atoms with Gasteiger partial charge in [0.15, 0.2) is 0 Å². The standard InChI is InChI=1S/C10H16O3/c1-4-13-10(11)6-5-9(2)7-8-12-3/h5-7H,4,8H2,1-3H3/b6-5+,9-7+. The van der Waals surface area contributed by atoms with Gasteiger partial charge in [0.2, 0.25) is 0 Å². The number of carbonyl (C=O) groups is 1. The monoisotopic (exact) mass is 184 g/mol. The number of ether oxygens (including phenoxy) is 2. The molecule has 0 saturated heterocycles. The molecule has 0 spiro atoms. The van der Waals surface area contributed by atoms with Crippen LogP contribution < -0.4 is 0 Å². The SMILES string of the molecule is CCOC(=O)/C=C/C(C)=C/COC. The third-order valence-corrected chi connectivity index (χ3v) is 1.34. The van der Waals surface area contributed by atoms with Crippen molar-refractivity contribution in [2.45, 2.75) is 13.8 Å². The number of esters is 1. The van der Waals surface area contributed by atoms with E-state index in [1.165, 1.54) is 6.08 Å². The molecule has 0 saturated carbocycles. The van der Waals surface area contributed by atoms with Crippen LogP contribution in [-0.2, 0) is 14.3 Å². The summed E-state index contributed by atoms with van der Waals surface area (Å²) >= 11 is 0. The fourth-order valence-corrected chi connectivity index (χ4v) is 0.673. The normalized spacial score (nSPS) is 12.1. The molecule has 3 heteroatoms. The van der Waals surface area contributed by atoms with E-state index in [0.717, 1.165) is 5.57 Å². The van der Waals surface area contributed by atoms with E-state index in [2.05, 4.69) is 0 Å². The Morgan fingerprint density at radius 3 is 2.62 bits per heavy atom. The van der Waals surface area contributed by atoms with Crippen LogP contribution in [0, 0.1) is 0 Å². The number of methoxy groups -OCH3 is 1. The van der Waals surface area contributed by atoms with E-state index in [1.807, 2.05) is 13.0 Å². The number of carbonyl (C=O) groups excluding carboxylic acids is 1. The maximum absolute atomic E-state index is 10.9. The van der Waals surface area contributed by atoms with Crippen molar-refractivity contribution in [1.82, 2.24) is 0 Å². The lowest BCUT2D eigenvalue weighted by molar-refractivity contribution is -0.137. The first kappa shape index (κ1) is 11.9. The van der Waals surface area contributed by atoms with E-state index in [9.17, 15) is 4.79 Å². The summed E-state index contributed by atoms with van der Waals surface area (Å²) in [6, 6.07) is 0. The van der Waals surface area contributed by atoms with Gasteiger partial charge in [-0.15, -0.1) is 0 Å². The summed E-state index contributed by atoms with van der Waals surface area (Å²) in [4.78, 5) is 10.9. The molecule has 3 nitrogen and oxygen atoms in total. The van der Waals surface area contributed by atoms with E-state index in [1.54, 1.807) is 20.1 Å². The number of rotatable bonds is 5. The fraction of sp³-hybridized carbons (Fsp3) is 0.500. The second-order valence-corrected chi connectivity index (χ2v) is 2.49. The van der Waals surface area contributed by atoms with Crippen molar-refractivity contribution in [2.75, 3.05) is 20.3 Å². The van der Waals surface area contributed by atoms with Gasteiger partial charge in [0, 0.05) is 13.2 Å². The van der Waals surface area contributed by atoms with E-state index in [-0.39, 0.29) is 5.97 Å². The van der Waals surface area contributed by atoms with Crippen LogP contribution in [0.15, 0.2) is 23.8 Å². The highest BCUT2D eigenvalue weighted by atomic mass is 16.5. The predicted octanol–water partition coefficient (Wildman–Crippen LogP) is 1.70. The van der Waals surface area contributed by atoms with Gasteiger partial charge in [-0.1, -0.05) is 17.7 Å². The predicted molar refractivity (Wildman–Crippen MR) is 51.4 cm³/mol. The van der Waals surface area contributed by atoms with Crippen LogP contribution in [0.4, 0.5) is 0 Å². The molecule has 0 aliphatic rings. The van der Waals surface area contributed by atoms with Gasteiger partial charge in [0.05, 0.1) is 13.2 Å². The highest BCUT2D eigenvalue weighted by Gasteiger charge is 1.92. The average Bonchev–Trinajstić information content (AvgIpc) is 2.12. The molecular weight excluding hydrogens is 168 g/mol. The number of allylic oxidation sites excluding steroid dienone is 2. The summed E-state index contributed by atoms with van der Waals surface area (Å²) in [5, 5.41) is 0. The zero-order chi connectivity index (χ0) is 10.1. The van der Waals surface area contributed by atoms with Gasteiger partial charge in [-0.2, -0.15) is 0 Å². The first-order valence-corrected chi connectivity index (χ1v) is 4.21. The molecule has 13 heavy (non-hydrogen) atoms. The van der Waals surface area contributed by atoms with Gasteiger partial charge in [0.25, 0.3) is 0 Å². The molecule has 74 valence electrons. The summed E-state index contributed by atoms with van der Waals surface area (Å²) in [7, 11) is 1.62. The van der Waals surface area contributed by atoms with Crippen molar-refractivity contribution in [3.05, 3.63) is 23.8 Å². The van der Waals surface area contributed by atoms with E-state index < -0.39 is 0 Å². The highest BCUT2D eigenvalue weighted by Crippen LogP contribution is 1.95. The van der Waals surface area contributed by atoms with E-state index in [4.69, 9.17) is 9.47 Å². The van der Waals surface area contributed by atoms with Crippen molar-refractivity contribution in [1.29, 1.82) is 0 Å². The molecule has 0 aromatic heterocycles. The molecule has 0 amide bonds. The Hall–Kier alpha value is -1.09. The molecule has 0 aliphatic carbocycles. The van der Waals surface area contributed by atoms with Crippen LogP contribution in [0.2, 0.25) is 0 Å². The minimum absolute atomic E-state index is 0.312. The van der Waals surface area contributed by atoms with Crippen molar-refractivity contribution < 1.29 is 14.3 Å². The average molecular weight is 184 g/mol. The molecule has 0 aromatic carbocycles. The van der Waals surface area contributed by atoms with E-state index >= 15 is 0 Å². The van der Waals surface area contributed by atoms with Gasteiger partial charge in [-0.05, 0) is 13.8 Å². The van der Waals surface area contributed by atoms with Crippen molar-refractivity contribution >= 4 is 5.97 Å². The molecule has 0 heterocycles. The summed E-state index contributed by atoms with van der Waals surface area (Å²) in [6.07, 6.45) is 5.00. The smallest absolute Gasteiger partial charge is 0.330 e. The molecule has 0 bridgehead atoms. The minimum atomic E-state index is -0.312. The van der Waals surface area contributed by atoms with Crippen molar-refractivity contribution in [3.63, 3.8) is 0 Å². The summed E-state index contributed by atoms with van der Waals surface area (Å²) in [5.41, 5.74) is 0.981. The fourth-order valence-electron chi connectivity index (χ4n) is 0.673. The molecule has 0 rings (SSSR count). The molecule has 0 unspecified atom stereocenters. The Bertz CT molecular complexity index is 204. The zero-order valence-electron chi connectivity index (χ0n) is 8.37.